The Labute approximate surface area is 167 Å². The first-order valence-electron chi connectivity index (χ1n) is 9.17. The first-order chi connectivity index (χ1) is 14.0. The van der Waals surface area contributed by atoms with E-state index in [2.05, 4.69) is 20.8 Å². The summed E-state index contributed by atoms with van der Waals surface area (Å²) in [5.74, 6) is -1.39. The minimum atomic E-state index is -0.872. The van der Waals surface area contributed by atoms with Gasteiger partial charge < -0.3 is 15.4 Å². The van der Waals surface area contributed by atoms with Crippen LogP contribution in [0.5, 0.6) is 5.75 Å². The summed E-state index contributed by atoms with van der Waals surface area (Å²) in [4.78, 5) is 12.8. The summed E-state index contributed by atoms with van der Waals surface area (Å²) in [5.41, 5.74) is 1.71. The number of nitrogens with one attached hydrogen (secondary N) is 3. The van der Waals surface area contributed by atoms with Crippen molar-refractivity contribution >= 4 is 5.91 Å². The highest BCUT2D eigenvalue weighted by atomic mass is 19.1. The molecule has 1 aromatic heterocycles. The number of carbonyl (C=O) groups excluding carboxylic acids is 1. The predicted octanol–water partition coefficient (Wildman–Crippen LogP) is 3.44. The van der Waals surface area contributed by atoms with Crippen LogP contribution in [0.15, 0.2) is 48.8 Å². The summed E-state index contributed by atoms with van der Waals surface area (Å²) in [6, 6.07) is 7.71. The largest absolute Gasteiger partial charge is 0.496 e. The molecule has 152 valence electrons. The Kier molecular flexibility index (Phi) is 6.56. The summed E-state index contributed by atoms with van der Waals surface area (Å²) in [5, 5.41) is 12.4. The summed E-state index contributed by atoms with van der Waals surface area (Å²) in [7, 11) is 1.50. The van der Waals surface area contributed by atoms with Gasteiger partial charge in [-0.1, -0.05) is 13.0 Å². The predicted molar refractivity (Wildman–Crippen MR) is 106 cm³/mol. The van der Waals surface area contributed by atoms with Gasteiger partial charge in [0.25, 0.3) is 5.91 Å². The Morgan fingerprint density at radius 1 is 1.24 bits per heavy atom. The van der Waals surface area contributed by atoms with Crippen molar-refractivity contribution in [2.75, 3.05) is 20.2 Å². The normalized spacial score (nSPS) is 11.9. The molecule has 3 N–H and O–H groups in total. The topological polar surface area (TPSA) is 79.0 Å². The molecule has 1 atom stereocenters. The maximum absolute atomic E-state index is 14.3. The van der Waals surface area contributed by atoms with Gasteiger partial charge in [-0.2, -0.15) is 5.10 Å². The number of nitrogens with zero attached hydrogens (tertiary/aromatic N) is 1. The molecule has 1 heterocycles. The first-order valence-corrected chi connectivity index (χ1v) is 9.17. The van der Waals surface area contributed by atoms with Crippen LogP contribution in [0.25, 0.3) is 11.1 Å². The Morgan fingerprint density at radius 2 is 2.00 bits per heavy atom. The van der Waals surface area contributed by atoms with E-state index in [0.29, 0.717) is 17.9 Å². The molecular formula is C21H22F2N4O2. The smallest absolute Gasteiger partial charge is 0.251 e. The molecule has 0 aliphatic rings. The van der Waals surface area contributed by atoms with Crippen LogP contribution in [0.3, 0.4) is 0 Å². The number of methoxy groups -OCH3 is 1. The zero-order valence-electron chi connectivity index (χ0n) is 16.1. The van der Waals surface area contributed by atoms with Crippen molar-refractivity contribution < 1.29 is 18.3 Å². The quantitative estimate of drug-likeness (QED) is 0.541. The molecule has 0 radical (unpaired) electrons. The molecule has 3 rings (SSSR count). The number of H-pyrrole nitrogens is 1. The molecule has 3 aromatic rings. The van der Waals surface area contributed by atoms with Gasteiger partial charge in [-0.25, -0.2) is 8.78 Å². The number of aromatic nitrogens is 2. The van der Waals surface area contributed by atoms with Crippen LogP contribution in [0.2, 0.25) is 0 Å². The van der Waals surface area contributed by atoms with Crippen molar-refractivity contribution in [3.05, 3.63) is 71.6 Å². The van der Waals surface area contributed by atoms with Crippen LogP contribution in [-0.2, 0) is 0 Å². The van der Waals surface area contributed by atoms with Crippen LogP contribution in [-0.4, -0.2) is 36.3 Å². The summed E-state index contributed by atoms with van der Waals surface area (Å²) in [6.07, 6.45) is 3.36. The molecular weight excluding hydrogens is 378 g/mol. The van der Waals surface area contributed by atoms with Crippen LogP contribution < -0.4 is 15.4 Å². The van der Waals surface area contributed by atoms with Crippen molar-refractivity contribution in [2.24, 2.45) is 0 Å². The van der Waals surface area contributed by atoms with Crippen molar-refractivity contribution in [1.82, 2.24) is 20.8 Å². The first kappa shape index (κ1) is 20.5. The van der Waals surface area contributed by atoms with Gasteiger partial charge in [-0.05, 0) is 36.9 Å². The van der Waals surface area contributed by atoms with Gasteiger partial charge >= 0.3 is 0 Å². The second kappa shape index (κ2) is 9.29. The van der Waals surface area contributed by atoms with Gasteiger partial charge in [0.05, 0.1) is 19.3 Å². The van der Waals surface area contributed by atoms with Gasteiger partial charge in [0, 0.05) is 35.0 Å². The average Bonchev–Trinajstić information content (AvgIpc) is 3.25. The van der Waals surface area contributed by atoms with E-state index in [-0.39, 0.29) is 12.1 Å². The van der Waals surface area contributed by atoms with Crippen molar-refractivity contribution in [3.8, 4) is 16.9 Å². The number of aromatic amines is 1. The van der Waals surface area contributed by atoms with Crippen molar-refractivity contribution in [1.29, 1.82) is 0 Å². The number of benzene rings is 2. The number of hydrogen-bond acceptors (Lipinski definition) is 4. The molecule has 1 amide bonds. The highest BCUT2D eigenvalue weighted by Gasteiger charge is 2.23. The van der Waals surface area contributed by atoms with Gasteiger partial charge in [-0.15, -0.1) is 0 Å². The summed E-state index contributed by atoms with van der Waals surface area (Å²) >= 11 is 0. The van der Waals surface area contributed by atoms with E-state index in [0.717, 1.165) is 11.1 Å². The fraction of sp³-hybridized carbons (Fsp3) is 0.238. The van der Waals surface area contributed by atoms with E-state index in [9.17, 15) is 13.6 Å². The Morgan fingerprint density at radius 3 is 2.62 bits per heavy atom. The molecule has 8 heteroatoms. The minimum Gasteiger partial charge on any atom is -0.496 e. The molecule has 0 saturated carbocycles. The van der Waals surface area contributed by atoms with Crippen LogP contribution in [0.1, 0.15) is 28.9 Å². The lowest BCUT2D eigenvalue weighted by molar-refractivity contribution is 0.0934. The second-order valence-corrected chi connectivity index (χ2v) is 6.37. The fourth-order valence-corrected chi connectivity index (χ4v) is 3.07. The monoisotopic (exact) mass is 400 g/mol. The third kappa shape index (κ3) is 4.60. The summed E-state index contributed by atoms with van der Waals surface area (Å²) < 4.78 is 33.9. The van der Waals surface area contributed by atoms with Crippen molar-refractivity contribution in [3.63, 3.8) is 0 Å². The molecule has 0 aliphatic carbocycles. The molecule has 0 saturated heterocycles. The zero-order chi connectivity index (χ0) is 20.8. The maximum atomic E-state index is 14.3. The van der Waals surface area contributed by atoms with Gasteiger partial charge in [0.2, 0.25) is 0 Å². The number of halogens is 2. The number of likely N-dealkylation sites (N-methyl/N-ethyl adjacent to an activating group) is 1. The molecule has 1 unspecified atom stereocenters. The highest BCUT2D eigenvalue weighted by Crippen LogP contribution is 2.30. The number of rotatable bonds is 8. The third-order valence-electron chi connectivity index (χ3n) is 4.52. The van der Waals surface area contributed by atoms with E-state index in [1.54, 1.807) is 30.6 Å². The van der Waals surface area contributed by atoms with Gasteiger partial charge in [0.1, 0.15) is 17.4 Å². The third-order valence-corrected chi connectivity index (χ3v) is 4.52. The van der Waals surface area contributed by atoms with Crippen molar-refractivity contribution in [2.45, 2.75) is 13.0 Å². The molecule has 0 bridgehead atoms. The Hall–Kier alpha value is -3.26. The number of carbonyl (C=O) groups is 1. The molecule has 0 fully saturated rings. The second-order valence-electron chi connectivity index (χ2n) is 6.37. The van der Waals surface area contributed by atoms with Crippen LogP contribution in [0, 0.1) is 11.6 Å². The number of hydrogen-bond donors (Lipinski definition) is 3. The van der Waals surface area contributed by atoms with E-state index in [4.69, 9.17) is 4.74 Å². The van der Waals surface area contributed by atoms with E-state index in [1.165, 1.54) is 25.3 Å². The Balaban J connectivity index is 1.88. The highest BCUT2D eigenvalue weighted by molar-refractivity contribution is 5.95. The Bertz CT molecular complexity index is 957. The minimum absolute atomic E-state index is 0.177. The van der Waals surface area contributed by atoms with E-state index in [1.807, 2.05) is 6.92 Å². The van der Waals surface area contributed by atoms with E-state index >= 15 is 0 Å². The number of amides is 1. The van der Waals surface area contributed by atoms with Gasteiger partial charge in [-0.3, -0.25) is 9.89 Å². The average molecular weight is 400 g/mol. The lowest BCUT2D eigenvalue weighted by Crippen LogP contribution is -2.36. The standard InChI is InChI=1S/C21H22F2N4O2/c1-3-24-12-18(20-16(22)5-4-6-17(20)23)27-21(28)13-7-8-15(19(9-13)29-2)14-10-25-26-11-14/h4-11,18,24H,3,12H2,1-2H3,(H,25,26)(H,27,28). The van der Waals surface area contributed by atoms with Crippen LogP contribution in [0.4, 0.5) is 8.78 Å². The lowest BCUT2D eigenvalue weighted by Gasteiger charge is -2.21. The number of ether oxygens (including phenoxy) is 1. The van der Waals surface area contributed by atoms with Crippen LogP contribution >= 0.6 is 0 Å². The zero-order valence-corrected chi connectivity index (χ0v) is 16.1. The molecule has 2 aromatic carbocycles. The summed E-state index contributed by atoms with van der Waals surface area (Å²) in [6.45, 7) is 2.65. The molecule has 6 nitrogen and oxygen atoms in total. The fourth-order valence-electron chi connectivity index (χ4n) is 3.07. The molecule has 0 aliphatic heterocycles. The van der Waals surface area contributed by atoms with E-state index < -0.39 is 23.6 Å². The maximum Gasteiger partial charge on any atom is 0.251 e. The lowest BCUT2D eigenvalue weighted by atomic mass is 10.0. The van der Waals surface area contributed by atoms with Gasteiger partial charge in [0.15, 0.2) is 0 Å². The SMILES string of the molecule is CCNCC(NC(=O)c1ccc(-c2cn[nH]c2)c(OC)c1)c1c(F)cccc1F. The molecule has 29 heavy (non-hydrogen) atoms. The molecule has 0 spiro atoms.